The van der Waals surface area contributed by atoms with Gasteiger partial charge >= 0.3 is 5.97 Å². The Morgan fingerprint density at radius 1 is 1.38 bits per heavy atom. The molecule has 4 nitrogen and oxygen atoms in total. The fourth-order valence-electron chi connectivity index (χ4n) is 1.65. The average Bonchev–Trinajstić information content (AvgIpc) is 2.15. The van der Waals surface area contributed by atoms with Gasteiger partial charge in [-0.3, -0.25) is 0 Å². The van der Waals surface area contributed by atoms with Crippen LogP contribution in [0.2, 0.25) is 0 Å². The number of para-hydroxylation sites is 1. The molecule has 1 aromatic rings. The molecule has 0 aliphatic carbocycles. The Kier molecular flexibility index (Phi) is 3.55. The summed E-state index contributed by atoms with van der Waals surface area (Å²) in [5.74, 6) is -0.960. The molecule has 88 valence electrons. The van der Waals surface area contributed by atoms with Crippen LogP contribution in [0.4, 0.5) is 5.69 Å². The number of hydrogen-bond acceptors (Lipinski definition) is 3. The number of carbonyl (C=O) groups is 1. The van der Waals surface area contributed by atoms with E-state index >= 15 is 0 Å². The van der Waals surface area contributed by atoms with Crippen molar-refractivity contribution in [1.82, 2.24) is 0 Å². The van der Waals surface area contributed by atoms with Gasteiger partial charge in [-0.1, -0.05) is 12.1 Å². The zero-order valence-electron chi connectivity index (χ0n) is 9.77. The molecule has 0 amide bonds. The molecule has 0 saturated carbocycles. The van der Waals surface area contributed by atoms with Gasteiger partial charge in [0.05, 0.1) is 16.9 Å². The van der Waals surface area contributed by atoms with Gasteiger partial charge in [0.2, 0.25) is 0 Å². The highest BCUT2D eigenvalue weighted by molar-refractivity contribution is 5.94. The SMILES string of the molecule is CN(CC(C)(C)O)c1ccccc1C(=O)O. The summed E-state index contributed by atoms with van der Waals surface area (Å²) < 4.78 is 0. The summed E-state index contributed by atoms with van der Waals surface area (Å²) in [7, 11) is 1.76. The van der Waals surface area contributed by atoms with Crippen LogP contribution in [0, 0.1) is 0 Å². The second kappa shape index (κ2) is 4.53. The molecule has 0 fully saturated rings. The number of hydrogen-bond donors (Lipinski definition) is 2. The number of likely N-dealkylation sites (N-methyl/N-ethyl adjacent to an activating group) is 1. The monoisotopic (exact) mass is 223 g/mol. The Labute approximate surface area is 95.1 Å². The van der Waals surface area contributed by atoms with Crippen LogP contribution in [-0.4, -0.2) is 35.4 Å². The molecule has 0 bridgehead atoms. The van der Waals surface area contributed by atoms with E-state index in [1.165, 1.54) is 0 Å². The third-order valence-corrected chi connectivity index (χ3v) is 2.17. The zero-order valence-corrected chi connectivity index (χ0v) is 9.77. The topological polar surface area (TPSA) is 60.8 Å². The molecule has 0 radical (unpaired) electrons. The largest absolute Gasteiger partial charge is 0.478 e. The van der Waals surface area contributed by atoms with Gasteiger partial charge in [0, 0.05) is 13.6 Å². The lowest BCUT2D eigenvalue weighted by Crippen LogP contribution is -2.36. The molecule has 0 atom stereocenters. The van der Waals surface area contributed by atoms with Gasteiger partial charge in [-0.2, -0.15) is 0 Å². The summed E-state index contributed by atoms with van der Waals surface area (Å²) in [4.78, 5) is 12.7. The van der Waals surface area contributed by atoms with Crippen LogP contribution in [0.3, 0.4) is 0 Å². The van der Waals surface area contributed by atoms with Crippen molar-refractivity contribution in [3.05, 3.63) is 29.8 Å². The first-order valence-corrected chi connectivity index (χ1v) is 5.07. The second-order valence-electron chi connectivity index (χ2n) is 4.49. The van der Waals surface area contributed by atoms with E-state index in [-0.39, 0.29) is 5.56 Å². The molecule has 1 aromatic carbocycles. The predicted molar refractivity (Wildman–Crippen MR) is 63.0 cm³/mol. The third-order valence-electron chi connectivity index (χ3n) is 2.17. The number of benzene rings is 1. The number of nitrogens with zero attached hydrogens (tertiary/aromatic N) is 1. The van der Waals surface area contributed by atoms with Gasteiger partial charge in [-0.15, -0.1) is 0 Å². The van der Waals surface area contributed by atoms with Crippen molar-refractivity contribution < 1.29 is 15.0 Å². The lowest BCUT2D eigenvalue weighted by molar-refractivity contribution is 0.0694. The average molecular weight is 223 g/mol. The van der Waals surface area contributed by atoms with Crippen LogP contribution in [0.5, 0.6) is 0 Å². The van der Waals surface area contributed by atoms with E-state index in [2.05, 4.69) is 0 Å². The minimum atomic E-state index is -0.960. The summed E-state index contributed by atoms with van der Waals surface area (Å²) >= 11 is 0. The highest BCUT2D eigenvalue weighted by Gasteiger charge is 2.19. The predicted octanol–water partition coefficient (Wildman–Crippen LogP) is 1.59. The first-order chi connectivity index (χ1) is 7.31. The molecule has 0 aliphatic heterocycles. The second-order valence-corrected chi connectivity index (χ2v) is 4.49. The van der Waals surface area contributed by atoms with E-state index in [9.17, 15) is 9.90 Å². The van der Waals surface area contributed by atoms with Crippen molar-refractivity contribution in [2.75, 3.05) is 18.5 Å². The standard InChI is InChI=1S/C12H17NO3/c1-12(2,16)8-13(3)10-7-5-4-6-9(10)11(14)15/h4-7,16H,8H2,1-3H3,(H,14,15). The van der Waals surface area contributed by atoms with Crippen LogP contribution in [0.25, 0.3) is 0 Å². The van der Waals surface area contributed by atoms with Crippen LogP contribution < -0.4 is 4.90 Å². The fraction of sp³-hybridized carbons (Fsp3) is 0.417. The number of carboxylic acids is 1. The van der Waals surface area contributed by atoms with Crippen LogP contribution in [0.1, 0.15) is 24.2 Å². The summed E-state index contributed by atoms with van der Waals surface area (Å²) in [5, 5.41) is 18.7. The molecule has 0 unspecified atom stereocenters. The molecular weight excluding hydrogens is 206 g/mol. The smallest absolute Gasteiger partial charge is 0.337 e. The minimum absolute atomic E-state index is 0.245. The molecule has 0 heterocycles. The van der Waals surface area contributed by atoms with Crippen LogP contribution in [0.15, 0.2) is 24.3 Å². The normalized spacial score (nSPS) is 11.2. The quantitative estimate of drug-likeness (QED) is 0.813. The molecule has 0 aromatic heterocycles. The number of aromatic carboxylic acids is 1. The lowest BCUT2D eigenvalue weighted by Gasteiger charge is -2.28. The summed E-state index contributed by atoms with van der Waals surface area (Å²) in [6.07, 6.45) is 0. The van der Waals surface area contributed by atoms with Gasteiger partial charge in [0.1, 0.15) is 0 Å². The van der Waals surface area contributed by atoms with Gasteiger partial charge < -0.3 is 15.1 Å². The lowest BCUT2D eigenvalue weighted by atomic mass is 10.1. The third kappa shape index (κ3) is 3.24. The highest BCUT2D eigenvalue weighted by atomic mass is 16.4. The van der Waals surface area contributed by atoms with Crippen molar-refractivity contribution in [2.45, 2.75) is 19.4 Å². The minimum Gasteiger partial charge on any atom is -0.478 e. The van der Waals surface area contributed by atoms with Gasteiger partial charge in [0.15, 0.2) is 0 Å². The van der Waals surface area contributed by atoms with E-state index in [4.69, 9.17) is 5.11 Å². The fourth-order valence-corrected chi connectivity index (χ4v) is 1.65. The van der Waals surface area contributed by atoms with Crippen molar-refractivity contribution in [2.24, 2.45) is 0 Å². The Morgan fingerprint density at radius 3 is 2.44 bits per heavy atom. The Hall–Kier alpha value is -1.55. The first-order valence-electron chi connectivity index (χ1n) is 5.07. The summed E-state index contributed by atoms with van der Waals surface area (Å²) in [6, 6.07) is 6.75. The van der Waals surface area contributed by atoms with Gasteiger partial charge in [-0.25, -0.2) is 4.79 Å². The maximum Gasteiger partial charge on any atom is 0.337 e. The van der Waals surface area contributed by atoms with Crippen LogP contribution in [-0.2, 0) is 0 Å². The molecule has 16 heavy (non-hydrogen) atoms. The van der Waals surface area contributed by atoms with E-state index in [0.717, 1.165) is 0 Å². The Balaban J connectivity index is 2.99. The molecule has 4 heteroatoms. The molecule has 1 rings (SSSR count). The number of carboxylic acid groups (broad SMARTS) is 1. The van der Waals surface area contributed by atoms with E-state index in [1.54, 1.807) is 50.1 Å². The number of rotatable bonds is 4. The van der Waals surface area contributed by atoms with Gasteiger partial charge in [0.25, 0.3) is 0 Å². The maximum absolute atomic E-state index is 11.0. The molecule has 0 aliphatic rings. The molecule has 2 N–H and O–H groups in total. The van der Waals surface area contributed by atoms with Gasteiger partial charge in [-0.05, 0) is 26.0 Å². The van der Waals surface area contributed by atoms with E-state index in [1.807, 2.05) is 0 Å². The van der Waals surface area contributed by atoms with Crippen molar-refractivity contribution in [3.63, 3.8) is 0 Å². The summed E-state index contributed by atoms with van der Waals surface area (Å²) in [5.41, 5.74) is -0.00762. The van der Waals surface area contributed by atoms with Crippen molar-refractivity contribution in [1.29, 1.82) is 0 Å². The van der Waals surface area contributed by atoms with Crippen LogP contribution >= 0.6 is 0 Å². The molecule has 0 saturated heterocycles. The van der Waals surface area contributed by atoms with E-state index < -0.39 is 11.6 Å². The number of aliphatic hydroxyl groups is 1. The Morgan fingerprint density at radius 2 is 1.94 bits per heavy atom. The number of anilines is 1. The highest BCUT2D eigenvalue weighted by Crippen LogP contribution is 2.20. The first kappa shape index (κ1) is 12.5. The molecule has 0 spiro atoms. The molecular formula is C12H17NO3. The Bertz CT molecular complexity index is 382. The maximum atomic E-state index is 11.0. The van der Waals surface area contributed by atoms with Crippen molar-refractivity contribution >= 4 is 11.7 Å². The zero-order chi connectivity index (χ0) is 12.3. The van der Waals surface area contributed by atoms with Crippen molar-refractivity contribution in [3.8, 4) is 0 Å². The summed E-state index contributed by atoms with van der Waals surface area (Å²) in [6.45, 7) is 3.75. The van der Waals surface area contributed by atoms with E-state index in [0.29, 0.717) is 12.2 Å².